The minimum Gasteiger partial charge on any atom is -0.462 e. The highest BCUT2D eigenvalue weighted by atomic mass is 16.6. The van der Waals surface area contributed by atoms with Crippen LogP contribution < -0.4 is 0 Å². The van der Waals surface area contributed by atoms with Gasteiger partial charge in [-0.05, 0) is 75.5 Å². The summed E-state index contributed by atoms with van der Waals surface area (Å²) in [4.78, 5) is 23.8. The van der Waals surface area contributed by atoms with E-state index in [9.17, 15) is 9.59 Å². The van der Waals surface area contributed by atoms with Crippen LogP contribution in [-0.2, 0) is 19.1 Å². The second-order valence-electron chi connectivity index (χ2n) is 8.03. The second-order valence-corrected chi connectivity index (χ2v) is 8.03. The zero-order chi connectivity index (χ0) is 15.2. The number of carbonyl (C=O) groups excluding carboxylic acids is 2. The van der Waals surface area contributed by atoms with Crippen molar-refractivity contribution in [1.82, 2.24) is 0 Å². The summed E-state index contributed by atoms with van der Waals surface area (Å²) in [7, 11) is 0. The highest BCUT2D eigenvalue weighted by Gasteiger charge is 2.62. The number of rotatable bonds is 4. The van der Waals surface area contributed by atoms with Crippen molar-refractivity contribution in [2.45, 2.75) is 75.9 Å². The van der Waals surface area contributed by atoms with Gasteiger partial charge in [0, 0.05) is 0 Å². The lowest BCUT2D eigenvalue weighted by Crippen LogP contribution is -2.61. The van der Waals surface area contributed by atoms with Gasteiger partial charge in [-0.15, -0.1) is 0 Å². The van der Waals surface area contributed by atoms with E-state index in [-0.39, 0.29) is 18.0 Å². The smallest absolute Gasteiger partial charge is 0.418 e. The molecule has 5 aliphatic rings. The molecule has 0 aromatic heterocycles. The first-order valence-electron chi connectivity index (χ1n) is 8.96. The Hall–Kier alpha value is -1.06. The molecule has 5 saturated carbocycles. The lowest BCUT2D eigenvalue weighted by molar-refractivity contribution is -0.198. The van der Waals surface area contributed by atoms with E-state index in [1.807, 2.05) is 0 Å². The minimum atomic E-state index is -0.609. The van der Waals surface area contributed by atoms with Crippen LogP contribution in [-0.4, -0.2) is 24.1 Å². The Balaban J connectivity index is 1.53. The monoisotopic (exact) mass is 305 g/mol. The largest absolute Gasteiger partial charge is 0.462 e. The van der Waals surface area contributed by atoms with Crippen molar-refractivity contribution in [3.05, 3.63) is 0 Å². The average Bonchev–Trinajstić information content (AvgIpc) is 2.47. The van der Waals surface area contributed by atoms with Gasteiger partial charge in [-0.1, -0.05) is 6.42 Å². The molecule has 0 spiro atoms. The molecule has 0 N–H and O–H groups in total. The summed E-state index contributed by atoms with van der Waals surface area (Å²) in [5, 5.41) is 0. The maximum Gasteiger partial charge on any atom is 0.418 e. The average molecular weight is 305 g/mol. The van der Waals surface area contributed by atoms with E-state index in [0.717, 1.165) is 51.4 Å². The van der Waals surface area contributed by atoms with E-state index in [1.54, 1.807) is 6.47 Å². The third-order valence-electron chi connectivity index (χ3n) is 6.58. The van der Waals surface area contributed by atoms with Crippen LogP contribution in [0.25, 0.3) is 0 Å². The molecule has 5 aliphatic carbocycles. The highest BCUT2D eigenvalue weighted by molar-refractivity contribution is 5.75. The maximum atomic E-state index is 12.8. The standard InChI is InChI=1S/C18H25O4/c19-11-21-18-9-12-6-13(10-18)8-14(7-12)16(18)17(20)22-15-4-2-1-3-5-15/h12-16H,1-10H2. The highest BCUT2D eigenvalue weighted by Crippen LogP contribution is 2.60. The quantitative estimate of drug-likeness (QED) is 0.749. The van der Waals surface area contributed by atoms with Crippen LogP contribution in [0.4, 0.5) is 0 Å². The molecule has 22 heavy (non-hydrogen) atoms. The van der Waals surface area contributed by atoms with Gasteiger partial charge in [0.25, 0.3) is 0 Å². The Morgan fingerprint density at radius 3 is 2.32 bits per heavy atom. The zero-order valence-corrected chi connectivity index (χ0v) is 13.1. The fourth-order valence-electron chi connectivity index (χ4n) is 6.02. The topological polar surface area (TPSA) is 52.6 Å². The fraction of sp³-hybridized carbons (Fsp3) is 0.889. The van der Waals surface area contributed by atoms with E-state index < -0.39 is 5.60 Å². The van der Waals surface area contributed by atoms with Gasteiger partial charge < -0.3 is 9.47 Å². The molecular weight excluding hydrogens is 280 g/mol. The Morgan fingerprint density at radius 1 is 1.00 bits per heavy atom. The lowest BCUT2D eigenvalue weighted by atomic mass is 9.49. The molecule has 4 bridgehead atoms. The number of ether oxygens (including phenoxy) is 2. The molecule has 3 atom stereocenters. The molecule has 0 heterocycles. The van der Waals surface area contributed by atoms with Crippen molar-refractivity contribution in [2.24, 2.45) is 23.7 Å². The molecule has 0 aliphatic heterocycles. The summed E-state index contributed by atoms with van der Waals surface area (Å²) in [6.45, 7) is 1.66. The first kappa shape index (κ1) is 14.5. The summed E-state index contributed by atoms with van der Waals surface area (Å²) >= 11 is 0. The molecule has 121 valence electrons. The van der Waals surface area contributed by atoms with Crippen LogP contribution in [0.1, 0.15) is 64.2 Å². The molecular formula is C18H25O4. The molecule has 0 aromatic rings. The van der Waals surface area contributed by atoms with Gasteiger partial charge in [-0.2, -0.15) is 0 Å². The summed E-state index contributed by atoms with van der Waals surface area (Å²) in [5.74, 6) is 1.22. The van der Waals surface area contributed by atoms with Crippen molar-refractivity contribution < 1.29 is 19.1 Å². The van der Waals surface area contributed by atoms with Gasteiger partial charge >= 0.3 is 12.4 Å². The fourth-order valence-corrected chi connectivity index (χ4v) is 6.02. The van der Waals surface area contributed by atoms with Crippen molar-refractivity contribution in [1.29, 1.82) is 0 Å². The molecule has 4 nitrogen and oxygen atoms in total. The molecule has 4 heteroatoms. The van der Waals surface area contributed by atoms with E-state index in [2.05, 4.69) is 0 Å². The predicted octanol–water partition coefficient (Wildman–Crippen LogP) is 3.14. The Bertz CT molecular complexity index is 440. The van der Waals surface area contributed by atoms with Crippen LogP contribution in [0.3, 0.4) is 0 Å². The van der Waals surface area contributed by atoms with Gasteiger partial charge in [-0.25, -0.2) is 4.79 Å². The predicted molar refractivity (Wildman–Crippen MR) is 79.5 cm³/mol. The molecule has 0 amide bonds. The van der Waals surface area contributed by atoms with E-state index in [4.69, 9.17) is 9.47 Å². The summed E-state index contributed by atoms with van der Waals surface area (Å²) in [6.07, 6.45) is 10.7. The van der Waals surface area contributed by atoms with Crippen molar-refractivity contribution in [3.63, 3.8) is 0 Å². The van der Waals surface area contributed by atoms with Crippen LogP contribution in [0.5, 0.6) is 0 Å². The molecule has 3 unspecified atom stereocenters. The molecule has 5 rings (SSSR count). The first-order valence-corrected chi connectivity index (χ1v) is 8.96. The van der Waals surface area contributed by atoms with Crippen molar-refractivity contribution in [2.75, 3.05) is 0 Å². The number of carbonyl (C=O) groups is 1. The molecule has 1 radical (unpaired) electrons. The zero-order valence-electron chi connectivity index (χ0n) is 13.1. The Labute approximate surface area is 131 Å². The van der Waals surface area contributed by atoms with Crippen LogP contribution in [0.2, 0.25) is 0 Å². The molecule has 0 aromatic carbocycles. The van der Waals surface area contributed by atoms with E-state index in [1.165, 1.54) is 12.8 Å². The van der Waals surface area contributed by atoms with Crippen LogP contribution in [0, 0.1) is 23.7 Å². The molecule has 0 saturated heterocycles. The van der Waals surface area contributed by atoms with Gasteiger partial charge in [-0.3, -0.25) is 4.79 Å². The minimum absolute atomic E-state index is 0.0794. The van der Waals surface area contributed by atoms with Gasteiger partial charge in [0.2, 0.25) is 0 Å². The van der Waals surface area contributed by atoms with Crippen LogP contribution in [0.15, 0.2) is 0 Å². The van der Waals surface area contributed by atoms with Crippen LogP contribution >= 0.6 is 0 Å². The number of hydrogen-bond donors (Lipinski definition) is 0. The van der Waals surface area contributed by atoms with Gasteiger partial charge in [0.05, 0.1) is 5.92 Å². The SMILES string of the molecule is O=[C]OC12CC3CC(CC(C3)C1C(=O)OC1CCCCC1)C2. The number of hydrogen-bond acceptors (Lipinski definition) is 4. The Kier molecular flexibility index (Phi) is 3.66. The lowest BCUT2D eigenvalue weighted by Gasteiger charge is -2.58. The summed E-state index contributed by atoms with van der Waals surface area (Å²) in [5.41, 5.74) is -0.609. The molecule has 5 fully saturated rings. The van der Waals surface area contributed by atoms with Gasteiger partial charge in [0.1, 0.15) is 11.7 Å². The van der Waals surface area contributed by atoms with E-state index in [0.29, 0.717) is 17.8 Å². The normalized spacial score (nSPS) is 43.8. The first-order chi connectivity index (χ1) is 10.7. The number of esters is 1. The summed E-state index contributed by atoms with van der Waals surface area (Å²) < 4.78 is 11.3. The van der Waals surface area contributed by atoms with Crippen molar-refractivity contribution in [3.8, 4) is 0 Å². The second kappa shape index (κ2) is 5.54. The Morgan fingerprint density at radius 2 is 1.68 bits per heavy atom. The van der Waals surface area contributed by atoms with E-state index >= 15 is 0 Å². The van der Waals surface area contributed by atoms with Gasteiger partial charge in [0.15, 0.2) is 0 Å². The third-order valence-corrected chi connectivity index (χ3v) is 6.58. The maximum absolute atomic E-state index is 12.8. The summed E-state index contributed by atoms with van der Waals surface area (Å²) in [6, 6.07) is 0. The van der Waals surface area contributed by atoms with Crippen molar-refractivity contribution >= 4 is 12.4 Å². The third kappa shape index (κ3) is 2.35.